The molecule has 0 aliphatic heterocycles. The molecule has 51 heavy (non-hydrogen) atoms. The van der Waals surface area contributed by atoms with E-state index in [1.54, 1.807) is 0 Å². The third kappa shape index (κ3) is 12.4. The van der Waals surface area contributed by atoms with E-state index in [-0.39, 0.29) is 56.5 Å². The molecule has 0 N–H and O–H groups in total. The van der Waals surface area contributed by atoms with Gasteiger partial charge in [0, 0.05) is 56.5 Å². The van der Waals surface area contributed by atoms with Crippen molar-refractivity contribution in [3.63, 3.8) is 0 Å². The molecular weight excluding hydrogens is 905 g/mol. The molecule has 0 aliphatic rings. The van der Waals surface area contributed by atoms with Crippen LogP contribution < -0.4 is 15.3 Å². The number of benzene rings is 3. The minimum atomic E-state index is -1.46. The van der Waals surface area contributed by atoms with E-state index in [0.29, 0.717) is 36.4 Å². The molecule has 0 atom stereocenters. The molecule has 0 bridgehead atoms. The van der Waals surface area contributed by atoms with Crippen LogP contribution in [0.25, 0.3) is 0 Å². The first-order chi connectivity index (χ1) is 22.0. The van der Waals surface area contributed by atoms with Gasteiger partial charge in [0.15, 0.2) is 0 Å². The summed E-state index contributed by atoms with van der Waals surface area (Å²) in [7, 11) is 0. The maximum atomic E-state index is 11.1. The molecule has 0 saturated heterocycles. The second-order valence-electron chi connectivity index (χ2n) is 7.75. The fourth-order valence-electron chi connectivity index (χ4n) is 2.88. The molecule has 30 nitrogen and oxygen atoms in total. The first-order valence-corrected chi connectivity index (χ1v) is 10.9. The zero-order valence-corrected chi connectivity index (χ0v) is 26.5. The molecule has 0 aliphatic carbocycles. The number of nitro benzene ring substituents is 9. The number of rotatable bonds is 9. The molecule has 0 aromatic heterocycles. The molecule has 33 heteroatoms. The van der Waals surface area contributed by atoms with Gasteiger partial charge in [-0.1, -0.05) is 0 Å². The first-order valence-electron chi connectivity index (χ1n) is 10.9. The summed E-state index contributed by atoms with van der Waals surface area (Å²) in [5, 5.41) is 126. The van der Waals surface area contributed by atoms with Gasteiger partial charge >= 0.3 is 0 Å². The molecule has 3 aromatic rings. The average molecular weight is 912 g/mol. The van der Waals surface area contributed by atoms with Gasteiger partial charge in [-0.3, -0.25) is 91.0 Å². The van der Waals surface area contributed by atoms with Gasteiger partial charge in [-0.2, -0.15) is 0 Å². The van der Waals surface area contributed by atoms with Crippen LogP contribution in [-0.4, -0.2) is 44.3 Å². The minimum Gasteiger partial charge on any atom is -0.863 e. The maximum Gasteiger partial charge on any atom is 0.283 e. The third-order valence-electron chi connectivity index (χ3n) is 4.92. The molecule has 2 radical (unpaired) electrons. The van der Waals surface area contributed by atoms with Gasteiger partial charge < -0.3 is 15.3 Å². The Balaban J connectivity index is -0.000000658. The normalized spacial score (nSPS) is 9.18. The summed E-state index contributed by atoms with van der Waals surface area (Å²) >= 11 is 0. The van der Waals surface area contributed by atoms with Crippen molar-refractivity contribution in [2.75, 3.05) is 0 Å². The number of hydrogen-bond acceptors (Lipinski definition) is 21. The van der Waals surface area contributed by atoms with Crippen molar-refractivity contribution in [3.05, 3.63) is 127 Å². The molecule has 0 heterocycles. The van der Waals surface area contributed by atoms with Crippen LogP contribution in [0.15, 0.2) is 36.4 Å². The van der Waals surface area contributed by atoms with E-state index in [4.69, 9.17) is 0 Å². The predicted octanol–water partition coefficient (Wildman–Crippen LogP) is 1.45. The quantitative estimate of drug-likeness (QED) is 0.166. The number of hydrogen-bond donors (Lipinski definition) is 0. The fraction of sp³-hybridized carbons (Fsp3) is 0. The maximum absolute atomic E-state index is 11.1. The van der Waals surface area contributed by atoms with Crippen LogP contribution in [0.4, 0.5) is 51.2 Å². The molecule has 3 rings (SSSR count). The van der Waals surface area contributed by atoms with Crippen LogP contribution in [0, 0.1) is 91.0 Å². The molecule has 0 fully saturated rings. The molecule has 3 aromatic carbocycles. The van der Waals surface area contributed by atoms with Crippen molar-refractivity contribution in [1.82, 2.24) is 0 Å². The Morgan fingerprint density at radius 2 is 0.431 bits per heavy atom. The smallest absolute Gasteiger partial charge is 0.283 e. The zero-order chi connectivity index (χ0) is 37.4. The fourth-order valence-corrected chi connectivity index (χ4v) is 2.88. The Morgan fingerprint density at radius 3 is 0.510 bits per heavy atom. The summed E-state index contributed by atoms with van der Waals surface area (Å²) in [4.78, 5) is 82.5. The van der Waals surface area contributed by atoms with Gasteiger partial charge in [-0.15, -0.1) is 0 Å². The summed E-state index contributed by atoms with van der Waals surface area (Å²) in [6.07, 6.45) is 0. The van der Waals surface area contributed by atoms with Gasteiger partial charge in [-0.25, -0.2) is 0 Å². The van der Waals surface area contributed by atoms with Gasteiger partial charge in [0.05, 0.1) is 98.0 Å². The van der Waals surface area contributed by atoms with Crippen molar-refractivity contribution in [2.24, 2.45) is 0 Å². The van der Waals surface area contributed by atoms with Crippen LogP contribution in [0.2, 0.25) is 0 Å². The van der Waals surface area contributed by atoms with Gasteiger partial charge in [0.25, 0.3) is 51.2 Å². The van der Waals surface area contributed by atoms with Crippen molar-refractivity contribution in [2.45, 2.75) is 0 Å². The molecule has 0 spiro atoms. The SMILES string of the molecule is O=[N+]([O-])c1cc([N+](=O)[O-])c([O-])c([N+](=O)[O-])c1.O=[N+]([O-])c1cc([N+](=O)[O-])c([O-])c([N+](=O)[O-])c1.O=[N+]([O-])c1cc([N+](=O)[O-])c([O-])c([N+](=O)[O-])c1.[Ag].[Cu].[Fe]. The van der Waals surface area contributed by atoms with Gasteiger partial charge in [0.2, 0.25) is 0 Å². The summed E-state index contributed by atoms with van der Waals surface area (Å²) in [6, 6.07) is 2.31. The van der Waals surface area contributed by atoms with Crippen molar-refractivity contribution in [1.29, 1.82) is 0 Å². The van der Waals surface area contributed by atoms with Crippen LogP contribution >= 0.6 is 0 Å². The predicted molar refractivity (Wildman–Crippen MR) is 138 cm³/mol. The Labute approximate surface area is 311 Å². The van der Waals surface area contributed by atoms with Crippen molar-refractivity contribution >= 4 is 51.2 Å². The Kier molecular flexibility index (Phi) is 19.2. The molecule has 0 unspecified atom stereocenters. The molecule has 0 amide bonds. The minimum absolute atomic E-state index is 0. The third-order valence-corrected chi connectivity index (χ3v) is 4.92. The summed E-state index contributed by atoms with van der Waals surface area (Å²) in [5.74, 6) is -4.37. The summed E-state index contributed by atoms with van der Waals surface area (Å²) in [5.41, 5.74) is -9.79. The average Bonchev–Trinajstić information content (AvgIpc) is 2.96. The van der Waals surface area contributed by atoms with Crippen LogP contribution in [0.3, 0.4) is 0 Å². The standard InChI is InChI=1S/3C6H3N3O7.Ag.Cu.Fe/c3*10-6-4(8(13)14)1-3(7(11)12)2-5(6)9(15)16;;;/h3*1-2,10H;;;/p-3. The largest absolute Gasteiger partial charge is 0.863 e. The zero-order valence-electron chi connectivity index (χ0n) is 23.0. The molecule has 0 saturated carbocycles. The second-order valence-corrected chi connectivity index (χ2v) is 7.75. The van der Waals surface area contributed by atoms with E-state index in [1.807, 2.05) is 0 Å². The van der Waals surface area contributed by atoms with Crippen molar-refractivity contribution in [3.8, 4) is 17.2 Å². The van der Waals surface area contributed by atoms with Crippen LogP contribution in [0.5, 0.6) is 17.2 Å². The topological polar surface area (TPSA) is 457 Å². The van der Waals surface area contributed by atoms with E-state index in [9.17, 15) is 106 Å². The van der Waals surface area contributed by atoms with E-state index < -0.39 is 113 Å². The Bertz CT molecular complexity index is 1620. The summed E-state index contributed by atoms with van der Waals surface area (Å²) < 4.78 is 0. The Morgan fingerprint density at radius 1 is 0.314 bits per heavy atom. The number of nitro groups is 9. The van der Waals surface area contributed by atoms with E-state index in [0.717, 1.165) is 0 Å². The summed E-state index contributed by atoms with van der Waals surface area (Å²) in [6.45, 7) is 0. The van der Waals surface area contributed by atoms with E-state index >= 15 is 0 Å². The molecule has 282 valence electrons. The Hall–Kier alpha value is -6.56. The molecular formula is C18H6AgCuFeN9O21-3. The van der Waals surface area contributed by atoms with Gasteiger partial charge in [0.1, 0.15) is 0 Å². The van der Waals surface area contributed by atoms with E-state index in [1.165, 1.54) is 0 Å². The first kappa shape index (κ1) is 48.8. The monoisotopic (exact) mass is 910 g/mol. The van der Waals surface area contributed by atoms with Crippen LogP contribution in [0.1, 0.15) is 0 Å². The number of nitrogens with zero attached hydrogens (tertiary/aromatic N) is 9. The van der Waals surface area contributed by atoms with E-state index in [2.05, 4.69) is 0 Å². The second kappa shape index (κ2) is 20.1. The number of non-ortho nitro benzene ring substituents is 3. The van der Waals surface area contributed by atoms with Crippen molar-refractivity contribution < 1.29 is 116 Å². The van der Waals surface area contributed by atoms with Gasteiger partial charge in [-0.05, 0) is 0 Å². The van der Waals surface area contributed by atoms with Crippen LogP contribution in [-0.2, 0) is 56.5 Å².